The summed E-state index contributed by atoms with van der Waals surface area (Å²) in [6.45, 7) is 9.35. The third kappa shape index (κ3) is 6.85. The van der Waals surface area contributed by atoms with Crippen LogP contribution in [0.4, 0.5) is 0 Å². The first-order chi connectivity index (χ1) is 18.4. The van der Waals surface area contributed by atoms with E-state index in [9.17, 15) is 14.7 Å². The van der Waals surface area contributed by atoms with Crippen molar-refractivity contribution < 1.29 is 24.2 Å². The number of nitrogens with two attached hydrogens (primary N) is 1. The van der Waals surface area contributed by atoms with Gasteiger partial charge < -0.3 is 25.6 Å². The summed E-state index contributed by atoms with van der Waals surface area (Å²) in [5, 5.41) is 19.2. The Morgan fingerprint density at radius 1 is 1.26 bits per heavy atom. The smallest absolute Gasteiger partial charge is 0.255 e. The number of carbonyl (C=O) groups is 2. The summed E-state index contributed by atoms with van der Waals surface area (Å²) in [6, 6.07) is 5.17. The standard InChI is InChI=1S/C28H35N5O5S/c1-6-18(8-7-17(3)38-27-20(25(29)34)11-23-24(32-27)16(2)14-39-23)31-26(35)21-12-30-33-13-19(9-10-22(21)33)37-15-28(4,5)36/h9-14,17-18,36H,6-8,15H2,1-5H3,(H2,29,34)(H,31,35)/t17-,18-/m0/s1. The molecule has 4 heterocycles. The molecule has 4 N–H and O–H groups in total. The second-order valence-corrected chi connectivity index (χ2v) is 11.3. The monoisotopic (exact) mass is 553 g/mol. The Kier molecular flexibility index (Phi) is 8.41. The van der Waals surface area contributed by atoms with E-state index in [-0.39, 0.29) is 36.1 Å². The normalized spacial score (nSPS) is 13.4. The SMILES string of the molecule is CC[C@@H](CC[C@H](C)Oc1nc2c(C)csc2cc1C(N)=O)NC(=O)c1cnn2cc(OCC(C)(C)O)ccc12. The summed E-state index contributed by atoms with van der Waals surface area (Å²) in [4.78, 5) is 29.7. The third-order valence-electron chi connectivity index (χ3n) is 6.34. The number of aromatic nitrogens is 3. The Bertz CT molecular complexity index is 1490. The molecule has 2 amide bonds. The Hall–Kier alpha value is -3.70. The first-order valence-corrected chi connectivity index (χ1v) is 13.8. The zero-order chi connectivity index (χ0) is 28.3. The summed E-state index contributed by atoms with van der Waals surface area (Å²) >= 11 is 1.51. The van der Waals surface area contributed by atoms with E-state index >= 15 is 0 Å². The van der Waals surface area contributed by atoms with E-state index in [0.717, 1.165) is 22.2 Å². The van der Waals surface area contributed by atoms with Crippen LogP contribution in [0.15, 0.2) is 36.0 Å². The molecule has 0 bridgehead atoms. The first kappa shape index (κ1) is 28.3. The number of aliphatic hydroxyl groups is 1. The molecule has 2 atom stereocenters. The lowest BCUT2D eigenvalue weighted by molar-refractivity contribution is 0.0283. The molecule has 4 aromatic rings. The van der Waals surface area contributed by atoms with Gasteiger partial charge in [-0.1, -0.05) is 6.92 Å². The van der Waals surface area contributed by atoms with Gasteiger partial charge in [0.2, 0.25) is 5.88 Å². The highest BCUT2D eigenvalue weighted by Gasteiger charge is 2.21. The number of carbonyl (C=O) groups excluding carboxylic acids is 2. The number of aryl methyl sites for hydroxylation is 1. The van der Waals surface area contributed by atoms with Crippen LogP contribution in [0.5, 0.6) is 11.6 Å². The molecule has 0 saturated heterocycles. The molecule has 0 saturated carbocycles. The van der Waals surface area contributed by atoms with E-state index in [1.54, 1.807) is 42.8 Å². The van der Waals surface area contributed by atoms with Crippen molar-refractivity contribution in [3.05, 3.63) is 52.7 Å². The quantitative estimate of drug-likeness (QED) is 0.238. The lowest BCUT2D eigenvalue weighted by Gasteiger charge is -2.20. The maximum absolute atomic E-state index is 13.1. The number of ether oxygens (including phenoxy) is 2. The Labute approximate surface area is 231 Å². The number of hydrogen-bond donors (Lipinski definition) is 3. The van der Waals surface area contributed by atoms with Crippen molar-refractivity contribution in [1.82, 2.24) is 19.9 Å². The van der Waals surface area contributed by atoms with Crippen molar-refractivity contribution in [3.63, 3.8) is 0 Å². The van der Waals surface area contributed by atoms with Crippen molar-refractivity contribution >= 4 is 38.9 Å². The van der Waals surface area contributed by atoms with Gasteiger partial charge in [-0.2, -0.15) is 5.10 Å². The van der Waals surface area contributed by atoms with Gasteiger partial charge in [0, 0.05) is 6.04 Å². The van der Waals surface area contributed by atoms with Gasteiger partial charge in [0.25, 0.3) is 11.8 Å². The van der Waals surface area contributed by atoms with Gasteiger partial charge in [-0.05, 0) is 76.1 Å². The number of nitrogens with zero attached hydrogens (tertiary/aromatic N) is 3. The Morgan fingerprint density at radius 3 is 2.72 bits per heavy atom. The predicted octanol–water partition coefficient (Wildman–Crippen LogP) is 4.26. The fourth-order valence-electron chi connectivity index (χ4n) is 4.14. The minimum atomic E-state index is -0.959. The fraction of sp³-hybridized carbons (Fsp3) is 0.429. The van der Waals surface area contributed by atoms with Crippen molar-refractivity contribution in [2.45, 2.75) is 71.6 Å². The van der Waals surface area contributed by atoms with Crippen molar-refractivity contribution in [2.24, 2.45) is 5.73 Å². The molecule has 0 aliphatic heterocycles. The third-order valence-corrected chi connectivity index (χ3v) is 7.38. The summed E-state index contributed by atoms with van der Waals surface area (Å²) in [7, 11) is 0. The van der Waals surface area contributed by atoms with E-state index in [0.29, 0.717) is 29.7 Å². The molecule has 0 aromatic carbocycles. The van der Waals surface area contributed by atoms with Gasteiger partial charge in [0.05, 0.1) is 45.4 Å². The largest absolute Gasteiger partial charge is 0.489 e. The minimum Gasteiger partial charge on any atom is -0.489 e. The molecule has 208 valence electrons. The molecule has 4 aromatic heterocycles. The van der Waals surface area contributed by atoms with Crippen LogP contribution in [-0.2, 0) is 0 Å². The molecule has 11 heteroatoms. The van der Waals surface area contributed by atoms with Gasteiger partial charge >= 0.3 is 0 Å². The van der Waals surface area contributed by atoms with Gasteiger partial charge in [-0.15, -0.1) is 11.3 Å². The number of primary amides is 1. The summed E-state index contributed by atoms with van der Waals surface area (Å²) in [5.41, 5.74) is 7.82. The average Bonchev–Trinajstić information content (AvgIpc) is 3.47. The van der Waals surface area contributed by atoms with Crippen LogP contribution in [-0.4, -0.2) is 55.9 Å². The van der Waals surface area contributed by atoms with E-state index in [1.807, 2.05) is 26.2 Å². The molecular weight excluding hydrogens is 518 g/mol. The van der Waals surface area contributed by atoms with Crippen LogP contribution in [0, 0.1) is 6.92 Å². The highest BCUT2D eigenvalue weighted by atomic mass is 32.1. The van der Waals surface area contributed by atoms with Crippen molar-refractivity contribution in [2.75, 3.05) is 6.61 Å². The molecular formula is C28H35N5O5S. The lowest BCUT2D eigenvalue weighted by atomic mass is 10.1. The second kappa shape index (κ2) is 11.6. The molecule has 0 radical (unpaired) electrons. The van der Waals surface area contributed by atoms with Crippen LogP contribution in [0.25, 0.3) is 15.7 Å². The average molecular weight is 554 g/mol. The minimum absolute atomic E-state index is 0.0851. The van der Waals surface area contributed by atoms with Crippen LogP contribution >= 0.6 is 11.3 Å². The van der Waals surface area contributed by atoms with Gasteiger partial charge in [-0.25, -0.2) is 9.50 Å². The van der Waals surface area contributed by atoms with Gasteiger partial charge in [0.1, 0.15) is 17.9 Å². The number of nitrogens with one attached hydrogen (secondary N) is 1. The number of amides is 2. The highest BCUT2D eigenvalue weighted by Crippen LogP contribution is 2.30. The lowest BCUT2D eigenvalue weighted by Crippen LogP contribution is -2.35. The molecule has 10 nitrogen and oxygen atoms in total. The molecule has 0 aliphatic rings. The number of hydrogen-bond acceptors (Lipinski definition) is 8. The van der Waals surface area contributed by atoms with E-state index in [1.165, 1.54) is 17.5 Å². The van der Waals surface area contributed by atoms with Gasteiger partial charge in [0.15, 0.2) is 0 Å². The molecule has 0 fully saturated rings. The van der Waals surface area contributed by atoms with Crippen LogP contribution in [0.3, 0.4) is 0 Å². The van der Waals surface area contributed by atoms with Crippen molar-refractivity contribution in [3.8, 4) is 11.6 Å². The maximum atomic E-state index is 13.1. The van der Waals surface area contributed by atoms with Crippen LogP contribution < -0.4 is 20.5 Å². The number of rotatable bonds is 12. The molecule has 0 unspecified atom stereocenters. The molecule has 0 spiro atoms. The maximum Gasteiger partial charge on any atom is 0.255 e. The van der Waals surface area contributed by atoms with E-state index in [2.05, 4.69) is 15.4 Å². The second-order valence-electron chi connectivity index (χ2n) is 10.4. The van der Waals surface area contributed by atoms with Crippen LogP contribution in [0.2, 0.25) is 0 Å². The molecule has 0 aliphatic carbocycles. The summed E-state index contributed by atoms with van der Waals surface area (Å²) < 4.78 is 14.2. The first-order valence-electron chi connectivity index (χ1n) is 12.9. The summed E-state index contributed by atoms with van der Waals surface area (Å²) in [6.07, 6.45) is 4.99. The van der Waals surface area contributed by atoms with Crippen molar-refractivity contribution in [1.29, 1.82) is 0 Å². The zero-order valence-electron chi connectivity index (χ0n) is 22.9. The molecule has 39 heavy (non-hydrogen) atoms. The zero-order valence-corrected chi connectivity index (χ0v) is 23.7. The topological polar surface area (TPSA) is 141 Å². The van der Waals surface area contributed by atoms with Crippen LogP contribution in [0.1, 0.15) is 73.2 Å². The number of fused-ring (bicyclic) bond motifs is 2. The predicted molar refractivity (Wildman–Crippen MR) is 151 cm³/mol. The number of pyridine rings is 2. The van der Waals surface area contributed by atoms with E-state index < -0.39 is 11.5 Å². The Balaban J connectivity index is 1.38. The Morgan fingerprint density at radius 2 is 2.03 bits per heavy atom. The van der Waals surface area contributed by atoms with Gasteiger partial charge in [-0.3, -0.25) is 9.59 Å². The summed E-state index contributed by atoms with van der Waals surface area (Å²) in [5.74, 6) is -0.0203. The highest BCUT2D eigenvalue weighted by molar-refractivity contribution is 7.17. The van der Waals surface area contributed by atoms with E-state index in [4.69, 9.17) is 15.2 Å². The molecule has 4 rings (SSSR count). The number of thiophene rings is 1. The fourth-order valence-corrected chi connectivity index (χ4v) is 5.06.